The summed E-state index contributed by atoms with van der Waals surface area (Å²) < 4.78 is 1.98. The van der Waals surface area contributed by atoms with Gasteiger partial charge in [0.05, 0.1) is 0 Å². The third kappa shape index (κ3) is 1.80. The lowest BCUT2D eigenvalue weighted by Crippen LogP contribution is -2.05. The van der Waals surface area contributed by atoms with Crippen LogP contribution in [0.3, 0.4) is 0 Å². The topological polar surface area (TPSA) is 25.0 Å². The number of hydrogen-bond acceptors (Lipinski definition) is 1. The van der Waals surface area contributed by atoms with Gasteiger partial charge in [0.25, 0.3) is 0 Å². The standard InChI is InChI=1S/C10H12N2O/c1-11-6-2-3-9(11)4-5-10(13)12-7-8-12/h2-6H,7-8H2,1H3/b5-4+. The van der Waals surface area contributed by atoms with Crippen molar-refractivity contribution in [2.24, 2.45) is 7.05 Å². The fourth-order valence-corrected chi connectivity index (χ4v) is 1.18. The van der Waals surface area contributed by atoms with Crippen molar-refractivity contribution in [3.8, 4) is 0 Å². The first-order valence-corrected chi connectivity index (χ1v) is 4.36. The van der Waals surface area contributed by atoms with E-state index < -0.39 is 0 Å². The van der Waals surface area contributed by atoms with Crippen LogP contribution < -0.4 is 0 Å². The second kappa shape index (κ2) is 3.09. The molecule has 0 unspecified atom stereocenters. The molecule has 1 amide bonds. The molecule has 0 N–H and O–H groups in total. The van der Waals surface area contributed by atoms with Crippen LogP contribution in [0.1, 0.15) is 5.69 Å². The molecule has 2 heterocycles. The molecule has 1 fully saturated rings. The summed E-state index contributed by atoms with van der Waals surface area (Å²) in [6.45, 7) is 1.83. The van der Waals surface area contributed by atoms with E-state index in [1.165, 1.54) is 0 Å². The summed E-state index contributed by atoms with van der Waals surface area (Å²) in [6, 6.07) is 3.94. The lowest BCUT2D eigenvalue weighted by atomic mass is 10.3. The molecule has 0 spiro atoms. The molecule has 1 aromatic heterocycles. The van der Waals surface area contributed by atoms with Crippen molar-refractivity contribution in [2.45, 2.75) is 0 Å². The van der Waals surface area contributed by atoms with Gasteiger partial charge in [0, 0.05) is 38.1 Å². The van der Waals surface area contributed by atoms with E-state index in [2.05, 4.69) is 0 Å². The Bertz CT molecular complexity index is 348. The molecule has 0 aliphatic carbocycles. The van der Waals surface area contributed by atoms with E-state index in [0.29, 0.717) is 0 Å². The third-order valence-electron chi connectivity index (χ3n) is 2.14. The van der Waals surface area contributed by atoms with Gasteiger partial charge in [-0.3, -0.25) is 4.79 Å². The van der Waals surface area contributed by atoms with Gasteiger partial charge in [-0.25, -0.2) is 0 Å². The monoisotopic (exact) mass is 176 g/mol. The summed E-state index contributed by atoms with van der Waals surface area (Å²) in [5.41, 5.74) is 1.05. The normalized spacial score (nSPS) is 15.3. The summed E-state index contributed by atoms with van der Waals surface area (Å²) in [4.78, 5) is 13.0. The molecular formula is C10H12N2O. The molecule has 3 heteroatoms. The van der Waals surface area contributed by atoms with Crippen LogP contribution in [0, 0.1) is 0 Å². The van der Waals surface area contributed by atoms with E-state index in [1.807, 2.05) is 36.0 Å². The third-order valence-corrected chi connectivity index (χ3v) is 2.14. The Kier molecular flexibility index (Phi) is 1.93. The molecule has 1 saturated heterocycles. The van der Waals surface area contributed by atoms with E-state index in [9.17, 15) is 4.79 Å². The minimum Gasteiger partial charge on any atom is -0.351 e. The van der Waals surface area contributed by atoms with Crippen LogP contribution in [-0.2, 0) is 11.8 Å². The van der Waals surface area contributed by atoms with Gasteiger partial charge in [-0.05, 0) is 18.2 Å². The van der Waals surface area contributed by atoms with E-state index in [1.54, 1.807) is 11.0 Å². The Labute approximate surface area is 77.3 Å². The number of aromatic nitrogens is 1. The smallest absolute Gasteiger partial charge is 0.246 e. The lowest BCUT2D eigenvalue weighted by molar-refractivity contribution is -0.120. The Morgan fingerprint density at radius 1 is 1.54 bits per heavy atom. The first kappa shape index (κ1) is 8.10. The van der Waals surface area contributed by atoms with Gasteiger partial charge in [-0.1, -0.05) is 0 Å². The highest BCUT2D eigenvalue weighted by molar-refractivity contribution is 5.92. The summed E-state index contributed by atoms with van der Waals surface area (Å²) in [6.07, 6.45) is 5.44. The maximum atomic E-state index is 11.2. The zero-order valence-electron chi connectivity index (χ0n) is 7.60. The van der Waals surface area contributed by atoms with E-state index in [-0.39, 0.29) is 5.91 Å². The highest BCUT2D eigenvalue weighted by atomic mass is 16.2. The zero-order valence-corrected chi connectivity index (χ0v) is 7.60. The maximum absolute atomic E-state index is 11.2. The predicted molar refractivity (Wildman–Crippen MR) is 51.0 cm³/mol. The molecule has 2 rings (SSSR count). The summed E-state index contributed by atoms with van der Waals surface area (Å²) in [7, 11) is 1.96. The van der Waals surface area contributed by atoms with Gasteiger partial charge in [-0.15, -0.1) is 0 Å². The average Bonchev–Trinajstić information content (AvgIpc) is 2.88. The summed E-state index contributed by atoms with van der Waals surface area (Å²) in [5, 5.41) is 0. The molecule has 1 aliphatic heterocycles. The van der Waals surface area contributed by atoms with E-state index >= 15 is 0 Å². The molecule has 13 heavy (non-hydrogen) atoms. The van der Waals surface area contributed by atoms with Crippen LogP contribution in [0.2, 0.25) is 0 Å². The highest BCUT2D eigenvalue weighted by Crippen LogP contribution is 2.07. The van der Waals surface area contributed by atoms with Gasteiger partial charge in [-0.2, -0.15) is 0 Å². The first-order chi connectivity index (χ1) is 6.27. The number of aryl methyl sites for hydroxylation is 1. The van der Waals surface area contributed by atoms with E-state index in [4.69, 9.17) is 0 Å². The second-order valence-electron chi connectivity index (χ2n) is 3.20. The first-order valence-electron chi connectivity index (χ1n) is 4.36. The maximum Gasteiger partial charge on any atom is 0.246 e. The van der Waals surface area contributed by atoms with Gasteiger partial charge in [0.1, 0.15) is 0 Å². The van der Waals surface area contributed by atoms with E-state index in [0.717, 1.165) is 18.8 Å². The quantitative estimate of drug-likeness (QED) is 0.485. The van der Waals surface area contributed by atoms with Crippen molar-refractivity contribution in [1.29, 1.82) is 0 Å². The molecule has 1 aliphatic rings. The van der Waals surface area contributed by atoms with Crippen LogP contribution >= 0.6 is 0 Å². The molecule has 0 radical (unpaired) electrons. The molecule has 0 aromatic carbocycles. The average molecular weight is 176 g/mol. The van der Waals surface area contributed by atoms with Crippen molar-refractivity contribution >= 4 is 12.0 Å². The van der Waals surface area contributed by atoms with Crippen LogP contribution in [0.4, 0.5) is 0 Å². The summed E-state index contributed by atoms with van der Waals surface area (Å²) in [5.74, 6) is 0.112. The number of rotatable bonds is 2. The number of nitrogens with zero attached hydrogens (tertiary/aromatic N) is 2. The molecule has 0 atom stereocenters. The number of carbonyl (C=O) groups excluding carboxylic acids is 1. The fourth-order valence-electron chi connectivity index (χ4n) is 1.18. The Morgan fingerprint density at radius 2 is 2.31 bits per heavy atom. The molecule has 1 aromatic rings. The highest BCUT2D eigenvalue weighted by Gasteiger charge is 2.21. The van der Waals surface area contributed by atoms with Gasteiger partial charge in [0.15, 0.2) is 0 Å². The Balaban J connectivity index is 2.04. The van der Waals surface area contributed by atoms with Crippen molar-refractivity contribution in [3.05, 3.63) is 30.1 Å². The largest absolute Gasteiger partial charge is 0.351 e. The fraction of sp³-hybridized carbons (Fsp3) is 0.300. The number of amides is 1. The number of hydrogen-bond donors (Lipinski definition) is 0. The Hall–Kier alpha value is -1.51. The van der Waals surface area contributed by atoms with Crippen molar-refractivity contribution in [2.75, 3.05) is 13.1 Å². The molecule has 0 saturated carbocycles. The predicted octanol–water partition coefficient (Wildman–Crippen LogP) is 0.880. The molecule has 68 valence electrons. The molecule has 0 bridgehead atoms. The van der Waals surface area contributed by atoms with Crippen LogP contribution in [0.15, 0.2) is 24.4 Å². The molecule has 3 nitrogen and oxygen atoms in total. The minimum atomic E-state index is 0.112. The van der Waals surface area contributed by atoms with Crippen LogP contribution in [-0.4, -0.2) is 28.5 Å². The van der Waals surface area contributed by atoms with Crippen molar-refractivity contribution in [3.63, 3.8) is 0 Å². The van der Waals surface area contributed by atoms with Gasteiger partial charge < -0.3 is 9.47 Å². The minimum absolute atomic E-state index is 0.112. The van der Waals surface area contributed by atoms with Gasteiger partial charge >= 0.3 is 0 Å². The zero-order chi connectivity index (χ0) is 9.26. The second-order valence-corrected chi connectivity index (χ2v) is 3.20. The SMILES string of the molecule is Cn1cccc1/C=C/C(=O)N1CC1. The van der Waals surface area contributed by atoms with Crippen molar-refractivity contribution in [1.82, 2.24) is 9.47 Å². The molecular weight excluding hydrogens is 164 g/mol. The Morgan fingerprint density at radius 3 is 2.85 bits per heavy atom. The van der Waals surface area contributed by atoms with Crippen LogP contribution in [0.5, 0.6) is 0 Å². The number of carbonyl (C=O) groups is 1. The van der Waals surface area contributed by atoms with Gasteiger partial charge in [0.2, 0.25) is 5.91 Å². The lowest BCUT2D eigenvalue weighted by Gasteiger charge is -1.96. The van der Waals surface area contributed by atoms with Crippen LogP contribution in [0.25, 0.3) is 6.08 Å². The summed E-state index contributed by atoms with van der Waals surface area (Å²) >= 11 is 0. The van der Waals surface area contributed by atoms with Crippen molar-refractivity contribution < 1.29 is 4.79 Å².